The van der Waals surface area contributed by atoms with Gasteiger partial charge in [-0.05, 0) is 76.0 Å². The molecule has 1 fully saturated rings. The predicted molar refractivity (Wildman–Crippen MR) is 86.1 cm³/mol. The molecule has 0 spiro atoms. The third-order valence-electron chi connectivity index (χ3n) is 4.41. The van der Waals surface area contributed by atoms with Gasteiger partial charge in [-0.2, -0.15) is 0 Å². The molecule has 0 aromatic heterocycles. The van der Waals surface area contributed by atoms with Crippen LogP contribution in [0.4, 0.5) is 4.39 Å². The summed E-state index contributed by atoms with van der Waals surface area (Å²) in [6, 6.07) is 7.74. The summed E-state index contributed by atoms with van der Waals surface area (Å²) in [5, 5.41) is 3.03. The molecule has 121 valence electrons. The average molecular weight is 305 g/mol. The molecule has 0 bridgehead atoms. The van der Waals surface area contributed by atoms with Crippen LogP contribution < -0.4 is 5.32 Å². The van der Waals surface area contributed by atoms with Crippen molar-refractivity contribution >= 4 is 5.91 Å². The summed E-state index contributed by atoms with van der Waals surface area (Å²) in [4.78, 5) is 14.4. The minimum absolute atomic E-state index is 0.0118. The Hall–Kier alpha value is -1.42. The zero-order valence-corrected chi connectivity index (χ0v) is 13.6. The monoisotopic (exact) mass is 305 g/mol. The number of amides is 1. The molecule has 3 nitrogen and oxygen atoms in total. The Labute approximate surface area is 132 Å². The summed E-state index contributed by atoms with van der Waals surface area (Å²) >= 11 is 0. The Morgan fingerprint density at radius 1 is 1.45 bits per heavy atom. The van der Waals surface area contributed by atoms with Crippen molar-refractivity contribution < 1.29 is 9.18 Å². The quantitative estimate of drug-likeness (QED) is 0.820. The molecule has 1 aromatic rings. The Bertz CT molecular complexity index is 490. The van der Waals surface area contributed by atoms with Gasteiger partial charge in [-0.25, -0.2) is 4.39 Å². The first-order chi connectivity index (χ1) is 10.6. The number of nitrogens with one attached hydrogen (secondary N) is 1. The smallest absolute Gasteiger partial charge is 0.223 e. The molecule has 1 amide bonds. The number of carbonyl (C=O) groups excluding carboxylic acids is 1. The number of nitrogens with zero attached hydrogens (tertiary/aromatic N) is 1. The van der Waals surface area contributed by atoms with Crippen LogP contribution in [0.3, 0.4) is 0 Å². The van der Waals surface area contributed by atoms with Gasteiger partial charge in [0, 0.05) is 12.5 Å². The SMILES string of the molecule is CN(C)CCCNC(=O)C1CCCC(c2c[c]ccc2F)C1. The molecule has 4 heteroatoms. The van der Waals surface area contributed by atoms with Gasteiger partial charge < -0.3 is 10.2 Å². The second-order valence-electron chi connectivity index (χ2n) is 6.46. The van der Waals surface area contributed by atoms with Crippen molar-refractivity contribution in [2.45, 2.75) is 38.0 Å². The van der Waals surface area contributed by atoms with E-state index in [0.29, 0.717) is 12.1 Å². The summed E-state index contributed by atoms with van der Waals surface area (Å²) < 4.78 is 13.9. The van der Waals surface area contributed by atoms with Crippen LogP contribution in [0, 0.1) is 17.8 Å². The van der Waals surface area contributed by atoms with Gasteiger partial charge in [-0.3, -0.25) is 4.79 Å². The maximum atomic E-state index is 13.9. The van der Waals surface area contributed by atoms with Gasteiger partial charge in [0.2, 0.25) is 5.91 Å². The van der Waals surface area contributed by atoms with Crippen LogP contribution in [-0.4, -0.2) is 38.0 Å². The van der Waals surface area contributed by atoms with Gasteiger partial charge in [0.05, 0.1) is 0 Å². The molecule has 0 aliphatic heterocycles. The van der Waals surface area contributed by atoms with Crippen molar-refractivity contribution in [2.24, 2.45) is 5.92 Å². The normalized spacial score (nSPS) is 21.8. The molecule has 22 heavy (non-hydrogen) atoms. The molecule has 1 aliphatic rings. The molecular weight excluding hydrogens is 279 g/mol. The fraction of sp³-hybridized carbons (Fsp3) is 0.611. The van der Waals surface area contributed by atoms with E-state index in [2.05, 4.69) is 16.3 Å². The van der Waals surface area contributed by atoms with Crippen molar-refractivity contribution in [1.29, 1.82) is 0 Å². The zero-order valence-electron chi connectivity index (χ0n) is 13.6. The molecule has 2 rings (SSSR count). The van der Waals surface area contributed by atoms with Crippen LogP contribution in [0.15, 0.2) is 18.2 Å². The minimum atomic E-state index is -0.171. The van der Waals surface area contributed by atoms with E-state index >= 15 is 0 Å². The van der Waals surface area contributed by atoms with Gasteiger partial charge in [0.15, 0.2) is 0 Å². The van der Waals surface area contributed by atoms with E-state index in [1.165, 1.54) is 6.07 Å². The van der Waals surface area contributed by atoms with Crippen molar-refractivity contribution in [3.8, 4) is 0 Å². The highest BCUT2D eigenvalue weighted by molar-refractivity contribution is 5.78. The van der Waals surface area contributed by atoms with E-state index in [1.807, 2.05) is 14.1 Å². The summed E-state index contributed by atoms with van der Waals surface area (Å²) in [5.74, 6) is 0.112. The molecular formula is C18H26FN2O. The number of hydrogen-bond acceptors (Lipinski definition) is 2. The van der Waals surface area contributed by atoms with E-state index in [0.717, 1.165) is 38.6 Å². The lowest BCUT2D eigenvalue weighted by Gasteiger charge is -2.29. The molecule has 1 aliphatic carbocycles. The van der Waals surface area contributed by atoms with Crippen LogP contribution in [0.5, 0.6) is 0 Å². The van der Waals surface area contributed by atoms with Crippen LogP contribution in [0.1, 0.15) is 43.6 Å². The molecule has 1 saturated carbocycles. The van der Waals surface area contributed by atoms with E-state index < -0.39 is 0 Å². The summed E-state index contributed by atoms with van der Waals surface area (Å²) in [6.07, 6.45) is 4.55. The first-order valence-electron chi connectivity index (χ1n) is 8.16. The van der Waals surface area contributed by atoms with Gasteiger partial charge in [-0.1, -0.05) is 12.5 Å². The third-order valence-corrected chi connectivity index (χ3v) is 4.41. The predicted octanol–water partition coefficient (Wildman–Crippen LogP) is 2.97. The number of hydrogen-bond donors (Lipinski definition) is 1. The van der Waals surface area contributed by atoms with Crippen LogP contribution >= 0.6 is 0 Å². The number of rotatable bonds is 6. The van der Waals surface area contributed by atoms with Crippen LogP contribution in [0.2, 0.25) is 0 Å². The van der Waals surface area contributed by atoms with Crippen molar-refractivity contribution in [1.82, 2.24) is 10.2 Å². The van der Waals surface area contributed by atoms with Crippen molar-refractivity contribution in [3.63, 3.8) is 0 Å². The molecule has 0 heterocycles. The molecule has 1 aromatic carbocycles. The zero-order chi connectivity index (χ0) is 15.9. The second-order valence-corrected chi connectivity index (χ2v) is 6.46. The standard InChI is InChI=1S/C18H26FN2O/c1-21(2)12-6-11-20-18(22)15-8-5-7-14(13-15)16-9-3-4-10-17(16)19/h4,9-10,14-15H,5-8,11-13H2,1-2H3,(H,20,22). The lowest BCUT2D eigenvalue weighted by Crippen LogP contribution is -2.35. The first-order valence-corrected chi connectivity index (χ1v) is 8.16. The van der Waals surface area contributed by atoms with Gasteiger partial charge in [0.25, 0.3) is 0 Å². The average Bonchev–Trinajstić information content (AvgIpc) is 2.52. The maximum Gasteiger partial charge on any atom is 0.223 e. The fourth-order valence-electron chi connectivity index (χ4n) is 3.20. The molecule has 0 saturated heterocycles. The fourth-order valence-corrected chi connectivity index (χ4v) is 3.20. The molecule has 2 atom stereocenters. The molecule has 1 radical (unpaired) electrons. The van der Waals surface area contributed by atoms with Crippen LogP contribution in [-0.2, 0) is 4.79 Å². The van der Waals surface area contributed by atoms with E-state index in [4.69, 9.17) is 0 Å². The van der Waals surface area contributed by atoms with E-state index in [9.17, 15) is 9.18 Å². The Balaban J connectivity index is 1.85. The van der Waals surface area contributed by atoms with Crippen LogP contribution in [0.25, 0.3) is 0 Å². The number of halogens is 1. The number of benzene rings is 1. The topological polar surface area (TPSA) is 32.3 Å². The highest BCUT2D eigenvalue weighted by atomic mass is 19.1. The van der Waals surface area contributed by atoms with Gasteiger partial charge in [0.1, 0.15) is 5.82 Å². The highest BCUT2D eigenvalue weighted by Gasteiger charge is 2.29. The van der Waals surface area contributed by atoms with E-state index in [-0.39, 0.29) is 23.6 Å². The third kappa shape index (κ3) is 4.80. The minimum Gasteiger partial charge on any atom is -0.356 e. The Morgan fingerprint density at radius 2 is 2.27 bits per heavy atom. The first kappa shape index (κ1) is 16.9. The molecule has 1 N–H and O–H groups in total. The summed E-state index contributed by atoms with van der Waals surface area (Å²) in [5.41, 5.74) is 0.715. The number of carbonyl (C=O) groups is 1. The summed E-state index contributed by atoms with van der Waals surface area (Å²) in [7, 11) is 4.05. The van der Waals surface area contributed by atoms with Gasteiger partial charge >= 0.3 is 0 Å². The summed E-state index contributed by atoms with van der Waals surface area (Å²) in [6.45, 7) is 1.68. The second kappa shape index (κ2) is 8.28. The van der Waals surface area contributed by atoms with Gasteiger partial charge in [-0.15, -0.1) is 0 Å². The lowest BCUT2D eigenvalue weighted by atomic mass is 9.77. The van der Waals surface area contributed by atoms with Crippen molar-refractivity contribution in [3.05, 3.63) is 35.6 Å². The Morgan fingerprint density at radius 3 is 3.00 bits per heavy atom. The van der Waals surface area contributed by atoms with Crippen molar-refractivity contribution in [2.75, 3.05) is 27.2 Å². The maximum absolute atomic E-state index is 13.9. The lowest BCUT2D eigenvalue weighted by molar-refractivity contribution is -0.126. The highest BCUT2D eigenvalue weighted by Crippen LogP contribution is 2.37. The Kier molecular flexibility index (Phi) is 6.37. The largest absolute Gasteiger partial charge is 0.356 e. The van der Waals surface area contributed by atoms with E-state index in [1.54, 1.807) is 12.1 Å². The molecule has 2 unspecified atom stereocenters.